The van der Waals surface area contributed by atoms with E-state index in [-0.39, 0.29) is 11.9 Å². The Morgan fingerprint density at radius 1 is 1.06 bits per heavy atom. The predicted molar refractivity (Wildman–Crippen MR) is 72.1 cm³/mol. The first-order valence-electron chi connectivity index (χ1n) is 6.05. The lowest BCUT2D eigenvalue weighted by Gasteiger charge is -2.32. The van der Waals surface area contributed by atoms with Gasteiger partial charge < -0.3 is 0 Å². The molecule has 1 aliphatic heterocycles. The zero-order valence-electron chi connectivity index (χ0n) is 10.4. The molecule has 3 heteroatoms. The van der Waals surface area contributed by atoms with Crippen LogP contribution in [0.2, 0.25) is 0 Å². The second-order valence-corrected chi connectivity index (χ2v) is 4.83. The third-order valence-electron chi connectivity index (χ3n) is 3.37. The van der Waals surface area contributed by atoms with Gasteiger partial charge in [0.2, 0.25) is 0 Å². The highest BCUT2D eigenvalue weighted by atomic mass is 16.2. The van der Waals surface area contributed by atoms with Crippen LogP contribution < -0.4 is 0 Å². The molecule has 2 aromatic carbocycles. The van der Waals surface area contributed by atoms with Crippen molar-refractivity contribution in [3.63, 3.8) is 0 Å². The molecular weight excluding hydrogens is 224 g/mol. The lowest BCUT2D eigenvalue weighted by atomic mass is 9.93. The number of rotatable bonds is 1. The van der Waals surface area contributed by atoms with E-state index in [0.29, 0.717) is 11.4 Å². The number of carbonyl (C=O) groups is 1. The molecule has 1 N–H and O–H groups in total. The molecule has 0 unspecified atom stereocenters. The van der Waals surface area contributed by atoms with Crippen molar-refractivity contribution >= 4 is 22.5 Å². The van der Waals surface area contributed by atoms with Gasteiger partial charge in [0.15, 0.2) is 0 Å². The molecule has 0 fully saturated rings. The number of hydrogen-bond donors (Lipinski definition) is 1. The Morgan fingerprint density at radius 3 is 2.28 bits per heavy atom. The Morgan fingerprint density at radius 2 is 1.67 bits per heavy atom. The van der Waals surface area contributed by atoms with Crippen LogP contribution >= 0.6 is 0 Å². The van der Waals surface area contributed by atoms with E-state index in [0.717, 1.165) is 16.3 Å². The molecule has 1 amide bonds. The van der Waals surface area contributed by atoms with Crippen LogP contribution in [0.25, 0.3) is 10.8 Å². The van der Waals surface area contributed by atoms with Gasteiger partial charge in [0, 0.05) is 22.6 Å². The van der Waals surface area contributed by atoms with E-state index >= 15 is 0 Å². The molecule has 0 bridgehead atoms. The normalized spacial score (nSPS) is 14.7. The summed E-state index contributed by atoms with van der Waals surface area (Å²) in [5, 5.41) is 10.2. The number of amidine groups is 1. The molecule has 90 valence electrons. The lowest BCUT2D eigenvalue weighted by molar-refractivity contribution is 0.0817. The molecule has 0 aromatic heterocycles. The van der Waals surface area contributed by atoms with Gasteiger partial charge >= 0.3 is 0 Å². The van der Waals surface area contributed by atoms with Crippen molar-refractivity contribution < 1.29 is 4.79 Å². The molecule has 0 atom stereocenters. The van der Waals surface area contributed by atoms with Gasteiger partial charge in [0.05, 0.1) is 0 Å². The second kappa shape index (κ2) is 3.67. The van der Waals surface area contributed by atoms with Crippen molar-refractivity contribution in [2.24, 2.45) is 0 Å². The largest absolute Gasteiger partial charge is 0.290 e. The van der Waals surface area contributed by atoms with Gasteiger partial charge in [-0.15, -0.1) is 0 Å². The van der Waals surface area contributed by atoms with Crippen LogP contribution in [0.15, 0.2) is 36.4 Å². The molecule has 0 saturated carbocycles. The zero-order chi connectivity index (χ0) is 12.9. The third-order valence-corrected chi connectivity index (χ3v) is 3.37. The van der Waals surface area contributed by atoms with Crippen molar-refractivity contribution in [3.8, 4) is 0 Å². The number of nitrogens with zero attached hydrogens (tertiary/aromatic N) is 1. The Hall–Kier alpha value is -2.16. The summed E-state index contributed by atoms with van der Waals surface area (Å²) < 4.78 is 0. The maximum Gasteiger partial charge on any atom is 0.260 e. The minimum atomic E-state index is -0.0701. The molecule has 3 rings (SSSR count). The van der Waals surface area contributed by atoms with Crippen LogP contribution in [-0.2, 0) is 0 Å². The molecule has 2 aromatic rings. The summed E-state index contributed by atoms with van der Waals surface area (Å²) >= 11 is 0. The maximum atomic E-state index is 12.4. The number of carbonyl (C=O) groups excluding carboxylic acids is 1. The van der Waals surface area contributed by atoms with Gasteiger partial charge in [0.25, 0.3) is 5.91 Å². The van der Waals surface area contributed by atoms with Crippen LogP contribution in [0, 0.1) is 5.41 Å². The summed E-state index contributed by atoms with van der Waals surface area (Å²) in [6.07, 6.45) is 0. The molecule has 1 heterocycles. The predicted octanol–water partition coefficient (Wildman–Crippen LogP) is 3.03. The Balaban J connectivity index is 2.39. The van der Waals surface area contributed by atoms with Crippen LogP contribution in [0.3, 0.4) is 0 Å². The summed E-state index contributed by atoms with van der Waals surface area (Å²) in [5.41, 5.74) is 1.55. The minimum Gasteiger partial charge on any atom is -0.290 e. The van der Waals surface area contributed by atoms with E-state index < -0.39 is 0 Å². The summed E-state index contributed by atoms with van der Waals surface area (Å²) in [5.74, 6) is 0.235. The average molecular weight is 238 g/mol. The smallest absolute Gasteiger partial charge is 0.260 e. The molecule has 0 saturated heterocycles. The SMILES string of the molecule is CC(C)N1C(=N)c2cccc3cccc(c23)C1=O. The number of amides is 1. The summed E-state index contributed by atoms with van der Waals surface area (Å²) in [7, 11) is 0. The first kappa shape index (κ1) is 11.0. The first-order chi connectivity index (χ1) is 8.61. The molecule has 0 aliphatic carbocycles. The van der Waals surface area contributed by atoms with E-state index in [4.69, 9.17) is 5.41 Å². The summed E-state index contributed by atoms with van der Waals surface area (Å²) in [4.78, 5) is 14.0. The highest BCUT2D eigenvalue weighted by molar-refractivity contribution is 6.26. The molecule has 3 nitrogen and oxygen atoms in total. The number of nitrogens with one attached hydrogen (secondary N) is 1. The summed E-state index contributed by atoms with van der Waals surface area (Å²) in [6, 6.07) is 11.5. The molecule has 18 heavy (non-hydrogen) atoms. The van der Waals surface area contributed by atoms with Gasteiger partial charge in [0.1, 0.15) is 5.84 Å². The third kappa shape index (κ3) is 1.30. The highest BCUT2D eigenvalue weighted by Crippen LogP contribution is 2.30. The van der Waals surface area contributed by atoms with Crippen LogP contribution in [-0.4, -0.2) is 22.7 Å². The van der Waals surface area contributed by atoms with Crippen LogP contribution in [0.4, 0.5) is 0 Å². The fraction of sp³-hybridized carbons (Fsp3) is 0.200. The molecule has 1 aliphatic rings. The summed E-state index contributed by atoms with van der Waals surface area (Å²) in [6.45, 7) is 3.86. The minimum absolute atomic E-state index is 0.00591. The van der Waals surface area contributed by atoms with Crippen molar-refractivity contribution in [1.29, 1.82) is 5.41 Å². The second-order valence-electron chi connectivity index (χ2n) is 4.83. The molecule has 0 spiro atoms. The van der Waals surface area contributed by atoms with Gasteiger partial charge in [-0.2, -0.15) is 0 Å². The quantitative estimate of drug-likeness (QED) is 0.815. The van der Waals surface area contributed by atoms with E-state index in [1.54, 1.807) is 4.90 Å². The van der Waals surface area contributed by atoms with Gasteiger partial charge in [-0.05, 0) is 25.3 Å². The standard InChI is InChI=1S/C15H14N2O/c1-9(2)17-14(16)11-7-3-5-10-6-4-8-12(13(10)11)15(17)18/h3-9,16H,1-2H3. The monoisotopic (exact) mass is 238 g/mol. The number of hydrogen-bond acceptors (Lipinski definition) is 2. The fourth-order valence-electron chi connectivity index (χ4n) is 2.57. The molecule has 0 radical (unpaired) electrons. The van der Waals surface area contributed by atoms with Crippen molar-refractivity contribution in [2.75, 3.05) is 0 Å². The van der Waals surface area contributed by atoms with Gasteiger partial charge in [-0.25, -0.2) is 0 Å². The first-order valence-corrected chi connectivity index (χ1v) is 6.05. The van der Waals surface area contributed by atoms with Crippen LogP contribution in [0.1, 0.15) is 29.8 Å². The van der Waals surface area contributed by atoms with E-state index in [1.165, 1.54) is 0 Å². The Kier molecular flexibility index (Phi) is 2.23. The topological polar surface area (TPSA) is 44.2 Å². The fourth-order valence-corrected chi connectivity index (χ4v) is 2.57. The van der Waals surface area contributed by atoms with Gasteiger partial charge in [-0.1, -0.05) is 30.3 Å². The lowest BCUT2D eigenvalue weighted by Crippen LogP contribution is -2.44. The maximum absolute atomic E-state index is 12.4. The molecular formula is C15H14N2O. The average Bonchev–Trinajstić information content (AvgIpc) is 2.35. The highest BCUT2D eigenvalue weighted by Gasteiger charge is 2.31. The van der Waals surface area contributed by atoms with Crippen molar-refractivity contribution in [2.45, 2.75) is 19.9 Å². The van der Waals surface area contributed by atoms with E-state index in [1.807, 2.05) is 50.2 Å². The number of benzene rings is 2. The van der Waals surface area contributed by atoms with E-state index in [2.05, 4.69) is 0 Å². The van der Waals surface area contributed by atoms with Gasteiger partial charge in [-0.3, -0.25) is 15.1 Å². The Labute approximate surface area is 106 Å². The zero-order valence-corrected chi connectivity index (χ0v) is 10.4. The Bertz CT molecular complexity index is 622. The van der Waals surface area contributed by atoms with E-state index in [9.17, 15) is 4.79 Å². The van der Waals surface area contributed by atoms with Crippen molar-refractivity contribution in [1.82, 2.24) is 4.90 Å². The van der Waals surface area contributed by atoms with Crippen LogP contribution in [0.5, 0.6) is 0 Å². The van der Waals surface area contributed by atoms with Crippen molar-refractivity contribution in [3.05, 3.63) is 47.5 Å².